The third-order valence-corrected chi connectivity index (χ3v) is 5.34. The molecule has 0 amide bonds. The van der Waals surface area contributed by atoms with Gasteiger partial charge in [-0.05, 0) is 48.2 Å². The fourth-order valence-corrected chi connectivity index (χ4v) is 3.47. The Balaban J connectivity index is 1.86. The van der Waals surface area contributed by atoms with Gasteiger partial charge < -0.3 is 25.1 Å². The molecule has 0 aliphatic rings. The van der Waals surface area contributed by atoms with Gasteiger partial charge >= 0.3 is 0 Å². The second kappa shape index (κ2) is 10.1. The Morgan fingerprint density at radius 3 is 2.13 bits per heavy atom. The van der Waals surface area contributed by atoms with Crippen molar-refractivity contribution < 1.29 is 19.3 Å². The molecule has 3 aromatic rings. The van der Waals surface area contributed by atoms with E-state index in [2.05, 4.69) is 12.1 Å². The second-order valence-electron chi connectivity index (χ2n) is 7.24. The van der Waals surface area contributed by atoms with Gasteiger partial charge in [-0.2, -0.15) is 0 Å². The summed E-state index contributed by atoms with van der Waals surface area (Å²) in [5.74, 6) is 1.87. The molecule has 0 aliphatic heterocycles. The summed E-state index contributed by atoms with van der Waals surface area (Å²) in [5.41, 5.74) is 7.75. The van der Waals surface area contributed by atoms with Crippen LogP contribution in [0.2, 0.25) is 0 Å². The molecule has 3 rings (SSSR count). The van der Waals surface area contributed by atoms with Gasteiger partial charge in [-0.1, -0.05) is 54.6 Å². The molecule has 2 unspecified atom stereocenters. The molecular formula is C25H29NO4. The highest BCUT2D eigenvalue weighted by Crippen LogP contribution is 2.35. The predicted molar refractivity (Wildman–Crippen MR) is 118 cm³/mol. The van der Waals surface area contributed by atoms with Crippen molar-refractivity contribution in [3.05, 3.63) is 90.0 Å². The van der Waals surface area contributed by atoms with E-state index in [1.54, 1.807) is 14.2 Å². The lowest BCUT2D eigenvalue weighted by atomic mass is 9.80. The van der Waals surface area contributed by atoms with Crippen molar-refractivity contribution in [3.63, 3.8) is 0 Å². The average molecular weight is 408 g/mol. The maximum atomic E-state index is 11.1. The van der Waals surface area contributed by atoms with Crippen molar-refractivity contribution in [3.8, 4) is 17.2 Å². The predicted octanol–water partition coefficient (Wildman–Crippen LogP) is 3.93. The zero-order valence-corrected chi connectivity index (χ0v) is 17.5. The molecule has 0 fully saturated rings. The van der Waals surface area contributed by atoms with Crippen LogP contribution in [0, 0.1) is 0 Å². The van der Waals surface area contributed by atoms with Gasteiger partial charge in [0.15, 0.2) is 11.5 Å². The summed E-state index contributed by atoms with van der Waals surface area (Å²) in [6.07, 6.45) is 0.319. The molecule has 0 saturated carbocycles. The number of hydrogen-bond donors (Lipinski definition) is 2. The molecule has 0 aliphatic carbocycles. The molecule has 0 heterocycles. The first-order valence-electron chi connectivity index (χ1n) is 9.98. The molecule has 3 aromatic carbocycles. The van der Waals surface area contributed by atoms with Gasteiger partial charge in [-0.3, -0.25) is 0 Å². The Bertz CT molecular complexity index is 917. The first-order valence-corrected chi connectivity index (χ1v) is 9.98. The molecule has 5 nitrogen and oxygen atoms in total. The zero-order chi connectivity index (χ0) is 21.4. The topological polar surface area (TPSA) is 73.9 Å². The fraction of sp³-hybridized carbons (Fsp3) is 0.280. The maximum absolute atomic E-state index is 11.1. The molecule has 0 radical (unpaired) electrons. The van der Waals surface area contributed by atoms with E-state index < -0.39 is 11.6 Å². The third kappa shape index (κ3) is 5.12. The van der Waals surface area contributed by atoms with E-state index in [-0.39, 0.29) is 6.61 Å². The Hall–Kier alpha value is -3.02. The number of methoxy groups -OCH3 is 2. The Labute approximate surface area is 178 Å². The Kier molecular flexibility index (Phi) is 7.33. The van der Waals surface area contributed by atoms with Crippen LogP contribution in [0.5, 0.6) is 17.2 Å². The monoisotopic (exact) mass is 407 g/mol. The minimum absolute atomic E-state index is 0.0731. The summed E-state index contributed by atoms with van der Waals surface area (Å²) in [7, 11) is 3.17. The van der Waals surface area contributed by atoms with E-state index in [1.165, 1.54) is 0 Å². The number of nitrogens with two attached hydrogens (primary N) is 1. The fourth-order valence-electron chi connectivity index (χ4n) is 3.47. The van der Waals surface area contributed by atoms with Crippen LogP contribution in [0.15, 0.2) is 78.9 Å². The van der Waals surface area contributed by atoms with E-state index in [0.717, 1.165) is 11.1 Å². The van der Waals surface area contributed by atoms with Crippen LogP contribution in [0.4, 0.5) is 0 Å². The molecule has 0 spiro atoms. The van der Waals surface area contributed by atoms with Crippen LogP contribution in [0.1, 0.15) is 17.5 Å². The van der Waals surface area contributed by atoms with Gasteiger partial charge in [0.2, 0.25) is 0 Å². The number of benzene rings is 3. The van der Waals surface area contributed by atoms with Crippen LogP contribution in [-0.2, 0) is 12.0 Å². The van der Waals surface area contributed by atoms with Gasteiger partial charge in [-0.25, -0.2) is 0 Å². The van der Waals surface area contributed by atoms with Crippen LogP contribution in [0.25, 0.3) is 0 Å². The average Bonchev–Trinajstić information content (AvgIpc) is 2.81. The van der Waals surface area contributed by atoms with E-state index in [4.69, 9.17) is 19.9 Å². The SMILES string of the molecule is COc1ccc(C(N)(CCc2ccccc2)C(O)COc2ccccc2)cc1OC. The molecule has 158 valence electrons. The van der Waals surface area contributed by atoms with Crippen molar-refractivity contribution in [2.75, 3.05) is 20.8 Å². The third-order valence-electron chi connectivity index (χ3n) is 5.34. The largest absolute Gasteiger partial charge is 0.493 e. The highest BCUT2D eigenvalue weighted by molar-refractivity contribution is 5.45. The number of aryl methyl sites for hydroxylation is 1. The first kappa shape index (κ1) is 21.7. The highest BCUT2D eigenvalue weighted by atomic mass is 16.5. The van der Waals surface area contributed by atoms with Gasteiger partial charge in [0.25, 0.3) is 0 Å². The number of aliphatic hydroxyl groups excluding tert-OH is 1. The molecule has 0 bridgehead atoms. The minimum atomic E-state index is -1.04. The van der Waals surface area contributed by atoms with E-state index in [9.17, 15) is 5.11 Å². The molecule has 30 heavy (non-hydrogen) atoms. The maximum Gasteiger partial charge on any atom is 0.161 e. The summed E-state index contributed by atoms with van der Waals surface area (Å²) < 4.78 is 16.6. The summed E-state index contributed by atoms with van der Waals surface area (Å²) in [6, 6.07) is 25.0. The highest BCUT2D eigenvalue weighted by Gasteiger charge is 2.36. The minimum Gasteiger partial charge on any atom is -0.493 e. The number of aliphatic hydroxyl groups is 1. The number of hydrogen-bond acceptors (Lipinski definition) is 5. The van der Waals surface area contributed by atoms with Crippen molar-refractivity contribution in [1.29, 1.82) is 0 Å². The molecular weight excluding hydrogens is 378 g/mol. The van der Waals surface area contributed by atoms with Gasteiger partial charge in [0.1, 0.15) is 18.5 Å². The lowest BCUT2D eigenvalue weighted by molar-refractivity contribution is 0.0333. The quantitative estimate of drug-likeness (QED) is 0.533. The lowest BCUT2D eigenvalue weighted by Gasteiger charge is -2.35. The standard InChI is InChI=1S/C25H29NO4/c1-28-22-14-13-20(17-23(22)29-2)25(26,16-15-19-9-5-3-6-10-19)24(27)18-30-21-11-7-4-8-12-21/h3-14,17,24,27H,15-16,18,26H2,1-2H3. The van der Waals surface area contributed by atoms with Crippen LogP contribution in [-0.4, -0.2) is 32.0 Å². The number of para-hydroxylation sites is 1. The van der Waals surface area contributed by atoms with E-state index >= 15 is 0 Å². The van der Waals surface area contributed by atoms with E-state index in [0.29, 0.717) is 30.1 Å². The molecule has 5 heteroatoms. The lowest BCUT2D eigenvalue weighted by Crippen LogP contribution is -2.51. The summed E-state index contributed by atoms with van der Waals surface area (Å²) in [6.45, 7) is 0.0731. The normalized spacial score (nSPS) is 13.9. The van der Waals surface area contributed by atoms with Gasteiger partial charge in [0, 0.05) is 0 Å². The Morgan fingerprint density at radius 2 is 1.50 bits per heavy atom. The molecule has 3 N–H and O–H groups in total. The summed E-state index contributed by atoms with van der Waals surface area (Å²) >= 11 is 0. The van der Waals surface area contributed by atoms with Crippen molar-refractivity contribution in [2.24, 2.45) is 5.73 Å². The number of ether oxygens (including phenoxy) is 3. The van der Waals surface area contributed by atoms with E-state index in [1.807, 2.05) is 66.7 Å². The molecule has 0 saturated heterocycles. The van der Waals surface area contributed by atoms with Crippen LogP contribution < -0.4 is 19.9 Å². The second-order valence-corrected chi connectivity index (χ2v) is 7.24. The molecule has 0 aromatic heterocycles. The van der Waals surface area contributed by atoms with Crippen LogP contribution in [0.3, 0.4) is 0 Å². The van der Waals surface area contributed by atoms with Crippen molar-refractivity contribution >= 4 is 0 Å². The summed E-state index contributed by atoms with van der Waals surface area (Å²) in [5, 5.41) is 11.1. The Morgan fingerprint density at radius 1 is 0.867 bits per heavy atom. The smallest absolute Gasteiger partial charge is 0.161 e. The first-order chi connectivity index (χ1) is 14.6. The number of rotatable bonds is 10. The summed E-state index contributed by atoms with van der Waals surface area (Å²) in [4.78, 5) is 0. The van der Waals surface area contributed by atoms with Crippen LogP contribution >= 0.6 is 0 Å². The zero-order valence-electron chi connectivity index (χ0n) is 17.5. The van der Waals surface area contributed by atoms with Crippen molar-refractivity contribution in [2.45, 2.75) is 24.5 Å². The molecule has 2 atom stereocenters. The van der Waals surface area contributed by atoms with Crippen molar-refractivity contribution in [1.82, 2.24) is 0 Å². The van der Waals surface area contributed by atoms with Gasteiger partial charge in [0.05, 0.1) is 19.8 Å². The van der Waals surface area contributed by atoms with Gasteiger partial charge in [-0.15, -0.1) is 0 Å².